The first-order chi connectivity index (χ1) is 10.8. The van der Waals surface area contributed by atoms with Crippen molar-refractivity contribution in [2.75, 3.05) is 14.2 Å². The van der Waals surface area contributed by atoms with Crippen molar-refractivity contribution in [2.45, 2.75) is 12.0 Å². The van der Waals surface area contributed by atoms with Crippen LogP contribution < -0.4 is 0 Å². The zero-order chi connectivity index (χ0) is 17.4. The van der Waals surface area contributed by atoms with E-state index in [1.165, 1.54) is 18.2 Å². The normalized spacial score (nSPS) is 21.1. The van der Waals surface area contributed by atoms with E-state index in [1.807, 2.05) is 0 Å². The maximum atomic E-state index is 12.1. The van der Waals surface area contributed by atoms with Crippen LogP contribution in [0.15, 0.2) is 24.3 Å². The highest BCUT2D eigenvalue weighted by molar-refractivity contribution is 6.06. The summed E-state index contributed by atoms with van der Waals surface area (Å²) >= 11 is 0. The van der Waals surface area contributed by atoms with Crippen molar-refractivity contribution in [3.8, 4) is 0 Å². The Hall–Kier alpha value is -3.04. The molecule has 0 saturated heterocycles. The van der Waals surface area contributed by atoms with Crippen LogP contribution in [-0.2, 0) is 19.1 Å². The first-order valence-electron chi connectivity index (χ1n) is 6.37. The van der Waals surface area contributed by atoms with E-state index in [9.17, 15) is 29.8 Å². The third-order valence-electron chi connectivity index (χ3n) is 3.88. The summed E-state index contributed by atoms with van der Waals surface area (Å²) in [5, 5.41) is 22.1. The molecule has 0 heterocycles. The molecule has 1 aromatic rings. The van der Waals surface area contributed by atoms with Gasteiger partial charge in [-0.25, -0.2) is 0 Å². The molecular weight excluding hydrogens is 312 g/mol. The summed E-state index contributed by atoms with van der Waals surface area (Å²) in [6.45, 7) is 0. The minimum atomic E-state index is -2.14. The summed E-state index contributed by atoms with van der Waals surface area (Å²) in [6.07, 6.45) is 0. The number of rotatable bonds is 5. The fraction of sp³-hybridized carbons (Fsp3) is 0.385. The molecule has 1 fully saturated rings. The number of non-ortho nitro benzene ring substituents is 1. The zero-order valence-corrected chi connectivity index (χ0v) is 12.1. The Morgan fingerprint density at radius 3 is 2.13 bits per heavy atom. The smallest absolute Gasteiger partial charge is 0.331 e. The summed E-state index contributed by atoms with van der Waals surface area (Å²) in [7, 11) is 1.99. The van der Waals surface area contributed by atoms with Gasteiger partial charge in [0.1, 0.15) is 0 Å². The van der Waals surface area contributed by atoms with E-state index in [0.29, 0.717) is 0 Å². The molecule has 0 N–H and O–H groups in total. The van der Waals surface area contributed by atoms with Crippen LogP contribution in [0.3, 0.4) is 0 Å². The van der Waals surface area contributed by atoms with Crippen molar-refractivity contribution in [1.82, 2.24) is 0 Å². The van der Waals surface area contributed by atoms with Crippen molar-refractivity contribution >= 4 is 17.6 Å². The van der Waals surface area contributed by atoms with Gasteiger partial charge in [0.2, 0.25) is 11.5 Å². The lowest BCUT2D eigenvalue weighted by atomic mass is 9.98. The first kappa shape index (κ1) is 16.3. The highest BCUT2D eigenvalue weighted by Gasteiger charge is 2.85. The monoisotopic (exact) mass is 324 g/mol. The first-order valence-corrected chi connectivity index (χ1v) is 6.37. The molecule has 0 spiro atoms. The van der Waals surface area contributed by atoms with Gasteiger partial charge < -0.3 is 9.47 Å². The van der Waals surface area contributed by atoms with Gasteiger partial charge in [0.05, 0.1) is 25.1 Å². The number of carbonyl (C=O) groups excluding carboxylic acids is 2. The summed E-state index contributed by atoms with van der Waals surface area (Å²) in [6, 6.07) is 3.38. The second-order valence-electron chi connectivity index (χ2n) is 4.91. The van der Waals surface area contributed by atoms with Crippen LogP contribution in [0, 0.1) is 25.6 Å². The molecule has 2 unspecified atom stereocenters. The van der Waals surface area contributed by atoms with Crippen LogP contribution in [0.2, 0.25) is 0 Å². The number of nitro benzene ring substituents is 1. The molecule has 0 amide bonds. The quantitative estimate of drug-likeness (QED) is 0.333. The minimum Gasteiger partial charge on any atom is -0.468 e. The third kappa shape index (κ3) is 2.28. The molecule has 0 radical (unpaired) electrons. The summed E-state index contributed by atoms with van der Waals surface area (Å²) in [5.74, 6) is -3.41. The Morgan fingerprint density at radius 2 is 1.70 bits per heavy atom. The molecule has 0 aromatic heterocycles. The second kappa shape index (κ2) is 5.63. The lowest BCUT2D eigenvalue weighted by molar-refractivity contribution is -0.501. The fourth-order valence-electron chi connectivity index (χ4n) is 2.85. The number of carbonyl (C=O) groups is 2. The molecule has 10 nitrogen and oxygen atoms in total. The van der Waals surface area contributed by atoms with Crippen molar-refractivity contribution in [3.05, 3.63) is 50.1 Å². The van der Waals surface area contributed by atoms with E-state index in [4.69, 9.17) is 0 Å². The average Bonchev–Trinajstić information content (AvgIpc) is 3.25. The largest absolute Gasteiger partial charge is 0.468 e. The Bertz CT molecular complexity index is 685. The van der Waals surface area contributed by atoms with Crippen LogP contribution in [0.5, 0.6) is 0 Å². The molecular formula is C13H12N2O8. The molecule has 0 bridgehead atoms. The van der Waals surface area contributed by atoms with Gasteiger partial charge in [-0.1, -0.05) is 12.1 Å². The number of esters is 2. The predicted molar refractivity (Wildman–Crippen MR) is 73.1 cm³/mol. The molecule has 23 heavy (non-hydrogen) atoms. The van der Waals surface area contributed by atoms with Gasteiger partial charge >= 0.3 is 11.9 Å². The van der Waals surface area contributed by atoms with Crippen molar-refractivity contribution in [2.24, 2.45) is 5.41 Å². The van der Waals surface area contributed by atoms with Gasteiger partial charge in [-0.15, -0.1) is 0 Å². The van der Waals surface area contributed by atoms with Crippen LogP contribution in [-0.4, -0.2) is 42.0 Å². The van der Waals surface area contributed by atoms with Crippen LogP contribution in [0.25, 0.3) is 0 Å². The molecule has 1 aromatic carbocycles. The molecule has 1 aliphatic carbocycles. The second-order valence-corrected chi connectivity index (χ2v) is 4.91. The van der Waals surface area contributed by atoms with E-state index in [1.54, 1.807) is 0 Å². The van der Waals surface area contributed by atoms with Crippen LogP contribution in [0.1, 0.15) is 11.5 Å². The van der Waals surface area contributed by atoms with Crippen LogP contribution in [0.4, 0.5) is 5.69 Å². The summed E-state index contributed by atoms with van der Waals surface area (Å²) in [4.78, 5) is 44.8. The molecule has 10 heteroatoms. The van der Waals surface area contributed by atoms with Crippen molar-refractivity contribution < 1.29 is 28.9 Å². The Morgan fingerprint density at radius 1 is 1.13 bits per heavy atom. The maximum Gasteiger partial charge on any atom is 0.331 e. The highest BCUT2D eigenvalue weighted by atomic mass is 16.6. The summed E-state index contributed by atoms with van der Waals surface area (Å²) < 4.78 is 9.06. The van der Waals surface area contributed by atoms with E-state index in [2.05, 4.69) is 9.47 Å². The predicted octanol–water partition coefficient (Wildman–Crippen LogP) is 0.670. The minimum absolute atomic E-state index is 0.122. The van der Waals surface area contributed by atoms with Gasteiger partial charge in [0, 0.05) is 17.1 Å². The van der Waals surface area contributed by atoms with E-state index >= 15 is 0 Å². The molecule has 122 valence electrons. The number of nitro groups is 2. The van der Waals surface area contributed by atoms with Gasteiger partial charge in [-0.05, 0) is 5.56 Å². The Balaban J connectivity index is 2.57. The van der Waals surface area contributed by atoms with E-state index in [0.717, 1.165) is 20.3 Å². The third-order valence-corrected chi connectivity index (χ3v) is 3.88. The Labute approximate surface area is 129 Å². The summed E-state index contributed by atoms with van der Waals surface area (Å²) in [5.41, 5.74) is -2.32. The van der Waals surface area contributed by atoms with Crippen molar-refractivity contribution in [1.29, 1.82) is 0 Å². The van der Waals surface area contributed by atoms with E-state index < -0.39 is 39.2 Å². The Kier molecular flexibility index (Phi) is 4.00. The molecule has 1 aliphatic rings. The molecule has 0 aliphatic heterocycles. The highest BCUT2D eigenvalue weighted by Crippen LogP contribution is 2.62. The van der Waals surface area contributed by atoms with E-state index in [-0.39, 0.29) is 11.3 Å². The van der Waals surface area contributed by atoms with Gasteiger partial charge in [0.15, 0.2) is 0 Å². The molecule has 2 rings (SSSR count). The molecule has 2 atom stereocenters. The topological polar surface area (TPSA) is 139 Å². The van der Waals surface area contributed by atoms with Crippen LogP contribution >= 0.6 is 0 Å². The lowest BCUT2D eigenvalue weighted by Gasteiger charge is -2.10. The van der Waals surface area contributed by atoms with Gasteiger partial charge in [-0.3, -0.25) is 29.8 Å². The number of hydrogen-bond donors (Lipinski definition) is 0. The molecule has 1 saturated carbocycles. The SMILES string of the molecule is COC(=O)C1(C(=O)OC)C(c2cccc([N+](=O)[O-])c2)C1[N+](=O)[O-]. The average molecular weight is 324 g/mol. The van der Waals surface area contributed by atoms with Gasteiger partial charge in [0.25, 0.3) is 5.69 Å². The maximum absolute atomic E-state index is 12.1. The number of benzene rings is 1. The number of nitrogens with zero attached hydrogens (tertiary/aromatic N) is 2. The number of hydrogen-bond acceptors (Lipinski definition) is 8. The van der Waals surface area contributed by atoms with Crippen molar-refractivity contribution in [3.63, 3.8) is 0 Å². The lowest BCUT2D eigenvalue weighted by Crippen LogP contribution is -2.34. The fourth-order valence-corrected chi connectivity index (χ4v) is 2.85. The van der Waals surface area contributed by atoms with Gasteiger partial charge in [-0.2, -0.15) is 0 Å². The number of methoxy groups -OCH3 is 2. The number of ether oxygens (including phenoxy) is 2. The standard InChI is InChI=1S/C13H12N2O8/c1-22-11(16)13(12(17)23-2)9(10(13)15(20)21)7-4-3-5-8(6-7)14(18)19/h3-6,9-10H,1-2H3. The zero-order valence-electron chi connectivity index (χ0n) is 12.1.